The average molecular weight is 298 g/mol. The number of anilines is 1. The van der Waals surface area contributed by atoms with Gasteiger partial charge in [0, 0.05) is 17.8 Å². The van der Waals surface area contributed by atoms with Gasteiger partial charge in [-0.05, 0) is 29.7 Å². The normalized spacial score (nSPS) is 11.2. The molecule has 0 amide bonds. The van der Waals surface area contributed by atoms with Crippen LogP contribution in [0, 0.1) is 10.1 Å². The third kappa shape index (κ3) is 4.31. The van der Waals surface area contributed by atoms with Crippen LogP contribution < -0.4 is 11.1 Å². The summed E-state index contributed by atoms with van der Waals surface area (Å²) in [7, 11) is 0. The molecule has 0 spiro atoms. The van der Waals surface area contributed by atoms with E-state index in [1.54, 1.807) is 12.1 Å². The van der Waals surface area contributed by atoms with Gasteiger partial charge in [-0.25, -0.2) is 4.99 Å². The molecule has 0 aromatic heterocycles. The SMILES string of the molecule is CCc1cccc(NC(N)=NCc2ccc([N+](=O)[O-])cc2)c1. The minimum atomic E-state index is -0.427. The number of nitrogens with one attached hydrogen (secondary N) is 1. The van der Waals surface area contributed by atoms with Crippen LogP contribution in [-0.2, 0) is 13.0 Å². The Morgan fingerprint density at radius 3 is 2.59 bits per heavy atom. The van der Waals surface area contributed by atoms with E-state index in [1.807, 2.05) is 18.2 Å². The largest absolute Gasteiger partial charge is 0.370 e. The van der Waals surface area contributed by atoms with Gasteiger partial charge in [0.1, 0.15) is 0 Å². The maximum atomic E-state index is 10.6. The van der Waals surface area contributed by atoms with Gasteiger partial charge in [-0.1, -0.05) is 31.2 Å². The van der Waals surface area contributed by atoms with Crippen molar-refractivity contribution in [3.05, 3.63) is 69.8 Å². The first kappa shape index (κ1) is 15.5. The Morgan fingerprint density at radius 1 is 1.23 bits per heavy atom. The lowest BCUT2D eigenvalue weighted by atomic mass is 10.1. The summed E-state index contributed by atoms with van der Waals surface area (Å²) in [6, 6.07) is 14.2. The van der Waals surface area contributed by atoms with Crippen LogP contribution in [0.3, 0.4) is 0 Å². The number of hydrogen-bond donors (Lipinski definition) is 2. The van der Waals surface area contributed by atoms with Crippen LogP contribution in [0.4, 0.5) is 11.4 Å². The quantitative estimate of drug-likeness (QED) is 0.384. The maximum absolute atomic E-state index is 10.6. The molecule has 0 bridgehead atoms. The van der Waals surface area contributed by atoms with Gasteiger partial charge in [0.15, 0.2) is 5.96 Å². The van der Waals surface area contributed by atoms with Crippen molar-refractivity contribution in [1.29, 1.82) is 0 Å². The van der Waals surface area contributed by atoms with E-state index < -0.39 is 4.92 Å². The molecular formula is C16H18N4O2. The Morgan fingerprint density at radius 2 is 1.95 bits per heavy atom. The van der Waals surface area contributed by atoms with Gasteiger partial charge in [-0.15, -0.1) is 0 Å². The predicted molar refractivity (Wildman–Crippen MR) is 87.9 cm³/mol. The van der Waals surface area contributed by atoms with Gasteiger partial charge < -0.3 is 11.1 Å². The van der Waals surface area contributed by atoms with Crippen molar-refractivity contribution in [1.82, 2.24) is 0 Å². The number of nitrogens with two attached hydrogens (primary N) is 1. The van der Waals surface area contributed by atoms with Crippen LogP contribution in [0.5, 0.6) is 0 Å². The number of rotatable bonds is 5. The first-order chi connectivity index (χ1) is 10.6. The summed E-state index contributed by atoms with van der Waals surface area (Å²) in [5.41, 5.74) is 8.89. The summed E-state index contributed by atoms with van der Waals surface area (Å²) in [5, 5.41) is 13.6. The number of nitrogens with zero attached hydrogens (tertiary/aromatic N) is 2. The first-order valence-electron chi connectivity index (χ1n) is 6.97. The average Bonchev–Trinajstić information content (AvgIpc) is 2.53. The van der Waals surface area contributed by atoms with Crippen molar-refractivity contribution < 1.29 is 4.92 Å². The molecule has 0 aliphatic heterocycles. The first-order valence-corrected chi connectivity index (χ1v) is 6.97. The Bertz CT molecular complexity index is 681. The predicted octanol–water partition coefficient (Wildman–Crippen LogP) is 3.08. The van der Waals surface area contributed by atoms with Crippen LogP contribution in [0.2, 0.25) is 0 Å². The van der Waals surface area contributed by atoms with Gasteiger partial charge in [0.25, 0.3) is 5.69 Å². The second kappa shape index (κ2) is 7.21. The molecule has 3 N–H and O–H groups in total. The number of nitro benzene ring substituents is 1. The van der Waals surface area contributed by atoms with Crippen molar-refractivity contribution in [2.75, 3.05) is 5.32 Å². The number of hydrogen-bond acceptors (Lipinski definition) is 3. The fourth-order valence-electron chi connectivity index (χ4n) is 1.96. The Hall–Kier alpha value is -2.89. The van der Waals surface area contributed by atoms with Crippen molar-refractivity contribution in [3.63, 3.8) is 0 Å². The number of aliphatic imine (C=N–C) groups is 1. The van der Waals surface area contributed by atoms with Gasteiger partial charge >= 0.3 is 0 Å². The zero-order chi connectivity index (χ0) is 15.9. The number of benzene rings is 2. The topological polar surface area (TPSA) is 93.5 Å². The monoisotopic (exact) mass is 298 g/mol. The van der Waals surface area contributed by atoms with Crippen molar-refractivity contribution in [3.8, 4) is 0 Å². The van der Waals surface area contributed by atoms with E-state index in [9.17, 15) is 10.1 Å². The van der Waals surface area contributed by atoms with E-state index in [0.717, 1.165) is 17.7 Å². The highest BCUT2D eigenvalue weighted by atomic mass is 16.6. The molecule has 0 radical (unpaired) electrons. The second-order valence-corrected chi connectivity index (χ2v) is 4.80. The number of guanidine groups is 1. The summed E-state index contributed by atoms with van der Waals surface area (Å²) in [5.74, 6) is 0.312. The lowest BCUT2D eigenvalue weighted by molar-refractivity contribution is -0.384. The second-order valence-electron chi connectivity index (χ2n) is 4.80. The molecule has 0 unspecified atom stereocenters. The molecule has 0 aliphatic rings. The lowest BCUT2D eigenvalue weighted by Gasteiger charge is -2.07. The number of nitro groups is 1. The molecule has 6 nitrogen and oxygen atoms in total. The van der Waals surface area contributed by atoms with Gasteiger partial charge in [0.2, 0.25) is 0 Å². The standard InChI is InChI=1S/C16H18N4O2/c1-2-12-4-3-5-14(10-12)19-16(17)18-11-13-6-8-15(9-7-13)20(21)22/h3-10H,2,11H2,1H3,(H3,17,18,19). The van der Waals surface area contributed by atoms with E-state index in [2.05, 4.69) is 23.3 Å². The van der Waals surface area contributed by atoms with Gasteiger partial charge in [-0.3, -0.25) is 10.1 Å². The Kier molecular flexibility index (Phi) is 5.08. The van der Waals surface area contributed by atoms with Crippen molar-refractivity contribution in [2.24, 2.45) is 10.7 Å². The lowest BCUT2D eigenvalue weighted by Crippen LogP contribution is -2.22. The van der Waals surface area contributed by atoms with Crippen LogP contribution in [-0.4, -0.2) is 10.9 Å². The summed E-state index contributed by atoms with van der Waals surface area (Å²) in [4.78, 5) is 14.4. The molecule has 2 aromatic carbocycles. The van der Waals surface area contributed by atoms with Crippen molar-refractivity contribution in [2.45, 2.75) is 19.9 Å². The molecule has 0 saturated carbocycles. The third-order valence-electron chi connectivity index (χ3n) is 3.19. The number of non-ortho nitro benzene ring substituents is 1. The van der Waals surface area contributed by atoms with E-state index in [4.69, 9.17) is 5.73 Å². The zero-order valence-corrected chi connectivity index (χ0v) is 12.3. The highest BCUT2D eigenvalue weighted by molar-refractivity contribution is 5.92. The summed E-state index contributed by atoms with van der Waals surface area (Å²) < 4.78 is 0. The molecule has 2 rings (SSSR count). The minimum absolute atomic E-state index is 0.0650. The smallest absolute Gasteiger partial charge is 0.269 e. The molecule has 0 atom stereocenters. The van der Waals surface area contributed by atoms with E-state index >= 15 is 0 Å². The fourth-order valence-corrected chi connectivity index (χ4v) is 1.96. The molecule has 2 aromatic rings. The van der Waals surface area contributed by atoms with Crippen LogP contribution >= 0.6 is 0 Å². The summed E-state index contributed by atoms with van der Waals surface area (Å²) >= 11 is 0. The highest BCUT2D eigenvalue weighted by Crippen LogP contribution is 2.13. The molecule has 0 heterocycles. The minimum Gasteiger partial charge on any atom is -0.370 e. The van der Waals surface area contributed by atoms with Crippen LogP contribution in [0.15, 0.2) is 53.5 Å². The third-order valence-corrected chi connectivity index (χ3v) is 3.19. The van der Waals surface area contributed by atoms with Gasteiger partial charge in [-0.2, -0.15) is 0 Å². The highest BCUT2D eigenvalue weighted by Gasteiger charge is 2.03. The van der Waals surface area contributed by atoms with E-state index in [-0.39, 0.29) is 5.69 Å². The molecule has 0 fully saturated rings. The van der Waals surface area contributed by atoms with Crippen LogP contribution in [0.1, 0.15) is 18.1 Å². The summed E-state index contributed by atoms with van der Waals surface area (Å²) in [6.45, 7) is 2.45. The molecule has 0 aliphatic carbocycles. The fraction of sp³-hybridized carbons (Fsp3) is 0.188. The van der Waals surface area contributed by atoms with E-state index in [0.29, 0.717) is 12.5 Å². The number of aryl methyl sites for hydroxylation is 1. The molecule has 6 heteroatoms. The Balaban J connectivity index is 1.98. The molecule has 22 heavy (non-hydrogen) atoms. The van der Waals surface area contributed by atoms with Crippen LogP contribution in [0.25, 0.3) is 0 Å². The van der Waals surface area contributed by atoms with Gasteiger partial charge in [0.05, 0.1) is 11.5 Å². The zero-order valence-electron chi connectivity index (χ0n) is 12.3. The van der Waals surface area contributed by atoms with Crippen molar-refractivity contribution >= 4 is 17.3 Å². The maximum Gasteiger partial charge on any atom is 0.269 e. The molecule has 0 saturated heterocycles. The Labute approximate surface area is 128 Å². The summed E-state index contributed by atoms with van der Waals surface area (Å²) in [6.07, 6.45) is 0.954. The van der Waals surface area contributed by atoms with E-state index in [1.165, 1.54) is 17.7 Å². The molecule has 114 valence electrons. The molecular weight excluding hydrogens is 280 g/mol.